The highest BCUT2D eigenvalue weighted by atomic mass is 16.5. The van der Waals surface area contributed by atoms with Crippen LogP contribution in [0.4, 0.5) is 0 Å². The molecular formula is C19H19N3O3. The molecule has 0 aliphatic rings. The van der Waals surface area contributed by atoms with Gasteiger partial charge in [-0.15, -0.1) is 0 Å². The number of benzene rings is 2. The number of nitrogens with zero attached hydrogens (tertiary/aromatic N) is 2. The average molecular weight is 337 g/mol. The second-order valence-electron chi connectivity index (χ2n) is 5.59. The van der Waals surface area contributed by atoms with E-state index in [1.165, 1.54) is 0 Å². The predicted octanol–water partition coefficient (Wildman–Crippen LogP) is 3.13. The first kappa shape index (κ1) is 16.9. The molecule has 0 saturated carbocycles. The zero-order valence-corrected chi connectivity index (χ0v) is 13.9. The van der Waals surface area contributed by atoms with Crippen molar-refractivity contribution < 1.29 is 14.1 Å². The van der Waals surface area contributed by atoms with Gasteiger partial charge >= 0.3 is 0 Å². The maximum Gasteiger partial charge on any atom is 0.249 e. The minimum absolute atomic E-state index is 0.0289. The van der Waals surface area contributed by atoms with Gasteiger partial charge in [-0.25, -0.2) is 0 Å². The number of carbonyl (C=O) groups excluding carboxylic acids is 1. The Kier molecular flexibility index (Phi) is 5.53. The van der Waals surface area contributed by atoms with Crippen molar-refractivity contribution in [1.82, 2.24) is 15.5 Å². The number of carbonyl (C=O) groups is 1. The van der Waals surface area contributed by atoms with E-state index in [0.29, 0.717) is 18.3 Å². The van der Waals surface area contributed by atoms with Crippen molar-refractivity contribution >= 4 is 5.91 Å². The number of amides is 1. The number of nitrogens with one attached hydrogen (secondary N) is 1. The minimum atomic E-state index is -0.391. The van der Waals surface area contributed by atoms with Crippen LogP contribution in [-0.2, 0) is 16.1 Å². The number of ether oxygens (including phenoxy) is 1. The quantitative estimate of drug-likeness (QED) is 0.717. The molecule has 1 aromatic heterocycles. The van der Waals surface area contributed by atoms with E-state index >= 15 is 0 Å². The van der Waals surface area contributed by atoms with Crippen LogP contribution in [0.5, 0.6) is 0 Å². The lowest BCUT2D eigenvalue weighted by molar-refractivity contribution is -0.126. The first-order valence-corrected chi connectivity index (χ1v) is 8.02. The van der Waals surface area contributed by atoms with E-state index in [1.807, 2.05) is 60.7 Å². The fourth-order valence-corrected chi connectivity index (χ4v) is 2.30. The molecule has 6 nitrogen and oxygen atoms in total. The van der Waals surface area contributed by atoms with Crippen LogP contribution in [0.2, 0.25) is 0 Å². The fourth-order valence-electron chi connectivity index (χ4n) is 2.30. The number of hydrogen-bond donors (Lipinski definition) is 1. The first-order valence-electron chi connectivity index (χ1n) is 8.02. The fraction of sp³-hybridized carbons (Fsp3) is 0.211. The molecule has 1 amide bonds. The number of rotatable bonds is 7. The summed E-state index contributed by atoms with van der Waals surface area (Å²) >= 11 is 0. The van der Waals surface area contributed by atoms with Gasteiger partial charge in [-0.3, -0.25) is 4.79 Å². The van der Waals surface area contributed by atoms with Crippen molar-refractivity contribution in [3.8, 4) is 11.4 Å². The van der Waals surface area contributed by atoms with Crippen LogP contribution >= 0.6 is 0 Å². The van der Waals surface area contributed by atoms with Crippen molar-refractivity contribution in [3.05, 3.63) is 72.1 Å². The van der Waals surface area contributed by atoms with E-state index in [-0.39, 0.29) is 12.5 Å². The van der Waals surface area contributed by atoms with Crippen molar-refractivity contribution in [3.63, 3.8) is 0 Å². The molecule has 6 heteroatoms. The van der Waals surface area contributed by atoms with Crippen LogP contribution < -0.4 is 5.32 Å². The summed E-state index contributed by atoms with van der Waals surface area (Å²) < 4.78 is 10.7. The Bertz CT molecular complexity index is 803. The third-order valence-corrected chi connectivity index (χ3v) is 3.57. The maximum absolute atomic E-state index is 12.0. The molecule has 0 spiro atoms. The van der Waals surface area contributed by atoms with Gasteiger partial charge in [-0.05, 0) is 12.5 Å². The Balaban J connectivity index is 1.49. The summed E-state index contributed by atoms with van der Waals surface area (Å²) in [6.45, 7) is 2.15. The lowest BCUT2D eigenvalue weighted by atomic mass is 10.2. The van der Waals surface area contributed by atoms with E-state index in [2.05, 4.69) is 15.5 Å². The molecule has 1 atom stereocenters. The van der Waals surface area contributed by atoms with E-state index < -0.39 is 6.04 Å². The Morgan fingerprint density at radius 2 is 1.80 bits per heavy atom. The molecular weight excluding hydrogens is 318 g/mol. The zero-order chi connectivity index (χ0) is 17.5. The summed E-state index contributed by atoms with van der Waals surface area (Å²) in [6, 6.07) is 18.8. The molecule has 0 saturated heterocycles. The van der Waals surface area contributed by atoms with Gasteiger partial charge in [-0.1, -0.05) is 65.8 Å². The molecule has 2 aromatic carbocycles. The minimum Gasteiger partial charge on any atom is -0.367 e. The van der Waals surface area contributed by atoms with Crippen molar-refractivity contribution in [2.45, 2.75) is 19.6 Å². The molecule has 0 bridgehead atoms. The van der Waals surface area contributed by atoms with Gasteiger partial charge in [0.1, 0.15) is 12.6 Å². The summed E-state index contributed by atoms with van der Waals surface area (Å²) in [4.78, 5) is 16.3. The number of aromatic nitrogens is 2. The molecule has 1 unspecified atom stereocenters. The van der Waals surface area contributed by atoms with E-state index in [4.69, 9.17) is 9.26 Å². The molecule has 128 valence electrons. The van der Waals surface area contributed by atoms with Crippen LogP contribution in [0.25, 0.3) is 11.4 Å². The Hall–Kier alpha value is -2.99. The zero-order valence-electron chi connectivity index (χ0n) is 13.9. The molecule has 1 N–H and O–H groups in total. The Morgan fingerprint density at radius 1 is 1.12 bits per heavy atom. The highest BCUT2D eigenvalue weighted by molar-refractivity contribution is 5.77. The molecule has 0 aliphatic heterocycles. The lowest BCUT2D eigenvalue weighted by Gasteiger charge is -2.10. The van der Waals surface area contributed by atoms with Crippen LogP contribution in [-0.4, -0.2) is 22.7 Å². The van der Waals surface area contributed by atoms with Gasteiger partial charge in [0.05, 0.1) is 6.61 Å². The SMILES string of the molecule is CC(NC(=O)COCc1ccccc1)c1nc(-c2ccccc2)no1. The van der Waals surface area contributed by atoms with Crippen LogP contribution in [0.3, 0.4) is 0 Å². The predicted molar refractivity (Wildman–Crippen MR) is 92.4 cm³/mol. The lowest BCUT2D eigenvalue weighted by Crippen LogP contribution is -2.30. The summed E-state index contributed by atoms with van der Waals surface area (Å²) in [6.07, 6.45) is 0. The largest absolute Gasteiger partial charge is 0.367 e. The van der Waals surface area contributed by atoms with Gasteiger partial charge in [-0.2, -0.15) is 4.98 Å². The molecule has 3 rings (SSSR count). The van der Waals surface area contributed by atoms with E-state index in [0.717, 1.165) is 11.1 Å². The van der Waals surface area contributed by atoms with Crippen LogP contribution in [0.1, 0.15) is 24.4 Å². The molecule has 0 radical (unpaired) electrons. The summed E-state index contributed by atoms with van der Waals surface area (Å²) in [5.41, 5.74) is 1.88. The van der Waals surface area contributed by atoms with Crippen molar-refractivity contribution in [1.29, 1.82) is 0 Å². The van der Waals surface area contributed by atoms with E-state index in [9.17, 15) is 4.79 Å². The van der Waals surface area contributed by atoms with Gasteiger partial charge in [0.25, 0.3) is 0 Å². The normalized spacial score (nSPS) is 11.9. The standard InChI is InChI=1S/C19H19N3O3/c1-14(19-21-18(22-25-19)16-10-6-3-7-11-16)20-17(23)13-24-12-15-8-4-2-5-9-15/h2-11,14H,12-13H2,1H3,(H,20,23). The third kappa shape index (κ3) is 4.74. The topological polar surface area (TPSA) is 77.2 Å². The third-order valence-electron chi connectivity index (χ3n) is 3.57. The molecule has 25 heavy (non-hydrogen) atoms. The van der Waals surface area contributed by atoms with Gasteiger partial charge < -0.3 is 14.6 Å². The van der Waals surface area contributed by atoms with E-state index in [1.54, 1.807) is 6.92 Å². The molecule has 1 heterocycles. The summed E-state index contributed by atoms with van der Waals surface area (Å²) in [7, 11) is 0. The van der Waals surface area contributed by atoms with Crippen LogP contribution in [0, 0.1) is 0 Å². The summed E-state index contributed by atoms with van der Waals surface area (Å²) in [5.74, 6) is 0.621. The second-order valence-corrected chi connectivity index (χ2v) is 5.59. The second kappa shape index (κ2) is 8.21. The molecule has 3 aromatic rings. The van der Waals surface area contributed by atoms with Gasteiger partial charge in [0.2, 0.25) is 17.6 Å². The number of hydrogen-bond acceptors (Lipinski definition) is 5. The van der Waals surface area contributed by atoms with Crippen LogP contribution in [0.15, 0.2) is 65.2 Å². The maximum atomic E-state index is 12.0. The highest BCUT2D eigenvalue weighted by Crippen LogP contribution is 2.18. The smallest absolute Gasteiger partial charge is 0.249 e. The summed E-state index contributed by atoms with van der Waals surface area (Å²) in [5, 5.41) is 6.74. The Labute approximate surface area is 145 Å². The van der Waals surface area contributed by atoms with Crippen molar-refractivity contribution in [2.24, 2.45) is 0 Å². The first-order chi connectivity index (χ1) is 12.2. The average Bonchev–Trinajstić information content (AvgIpc) is 3.14. The van der Waals surface area contributed by atoms with Crippen molar-refractivity contribution in [2.75, 3.05) is 6.61 Å². The van der Waals surface area contributed by atoms with Gasteiger partial charge in [0, 0.05) is 5.56 Å². The van der Waals surface area contributed by atoms with Gasteiger partial charge in [0.15, 0.2) is 0 Å². The monoisotopic (exact) mass is 337 g/mol. The highest BCUT2D eigenvalue weighted by Gasteiger charge is 2.17. The Morgan fingerprint density at radius 3 is 2.52 bits per heavy atom. The molecule has 0 fully saturated rings. The molecule has 0 aliphatic carbocycles.